The lowest BCUT2D eigenvalue weighted by atomic mass is 9.72. The monoisotopic (exact) mass is 325 g/mol. The summed E-state index contributed by atoms with van der Waals surface area (Å²) in [7, 11) is 2.12. The number of rotatable bonds is 1. The summed E-state index contributed by atoms with van der Waals surface area (Å²) in [6.07, 6.45) is 5.14. The maximum absolute atomic E-state index is 9.96. The van der Waals surface area contributed by atoms with E-state index in [9.17, 15) is 5.11 Å². The van der Waals surface area contributed by atoms with Gasteiger partial charge in [-0.2, -0.15) is 0 Å². The molecule has 23 heavy (non-hydrogen) atoms. The quantitative estimate of drug-likeness (QED) is 0.363. The first kappa shape index (κ1) is 16.2. The van der Waals surface area contributed by atoms with E-state index >= 15 is 0 Å². The average Bonchev–Trinajstić information content (AvgIpc) is 3.23. The molecule has 1 aliphatic carbocycles. The molecule has 4 rings (SSSR count). The number of nitrogens with two attached hydrogens (primary N) is 2. The van der Waals surface area contributed by atoms with Crippen LogP contribution in [0.5, 0.6) is 0 Å². The Morgan fingerprint density at radius 2 is 2.13 bits per heavy atom. The predicted octanol–water partition coefficient (Wildman–Crippen LogP) is -0.985. The summed E-state index contributed by atoms with van der Waals surface area (Å²) >= 11 is 0. The number of aliphatic hydroxyl groups is 1. The van der Waals surface area contributed by atoms with Gasteiger partial charge >= 0.3 is 0 Å². The van der Waals surface area contributed by atoms with E-state index in [0.29, 0.717) is 24.1 Å². The maximum Gasteiger partial charge on any atom is 0.135 e. The molecule has 0 spiro atoms. The number of nitrogens with zero attached hydrogens (tertiary/aromatic N) is 2. The van der Waals surface area contributed by atoms with Gasteiger partial charge in [-0.25, -0.2) is 0 Å². The third kappa shape index (κ3) is 2.93. The van der Waals surface area contributed by atoms with E-state index in [0.717, 1.165) is 45.2 Å². The molecule has 0 aromatic carbocycles. The van der Waals surface area contributed by atoms with Crippen LogP contribution in [0.15, 0.2) is 0 Å². The average molecular weight is 325 g/mol. The van der Waals surface area contributed by atoms with E-state index in [2.05, 4.69) is 22.2 Å². The number of ether oxygens (including phenoxy) is 1. The molecule has 0 aromatic heterocycles. The predicted molar refractivity (Wildman–Crippen MR) is 86.9 cm³/mol. The van der Waals surface area contributed by atoms with E-state index in [1.807, 2.05) is 0 Å². The van der Waals surface area contributed by atoms with Crippen molar-refractivity contribution in [2.45, 2.75) is 69.0 Å². The molecule has 8 atom stereocenters. The number of hydrogen-bond acceptors (Lipinski definition) is 7. The molecule has 7 nitrogen and oxygen atoms in total. The molecule has 7 heteroatoms. The zero-order valence-electron chi connectivity index (χ0n) is 14.0. The first-order valence-electron chi connectivity index (χ1n) is 9.12. The normalized spacial score (nSPS) is 49.8. The molecule has 132 valence electrons. The van der Waals surface area contributed by atoms with Crippen LogP contribution in [0.2, 0.25) is 0 Å². The molecule has 3 aliphatic heterocycles. The molecular formula is C16H31N5O2. The lowest BCUT2D eigenvalue weighted by molar-refractivity contribution is 0.0253. The molecule has 4 fully saturated rings. The molecule has 0 amide bonds. The van der Waals surface area contributed by atoms with Gasteiger partial charge in [0.1, 0.15) is 18.7 Å². The standard InChI is InChI=1S/C16H31N5O2/c1-20-11-8-10(14(17)22)7-9-3-4-12-15(23-12)19-5-2-6-21(13(9)11)16(20)18/h9-16,19,22H,2-8,17-18H2,1H3. The maximum atomic E-state index is 9.96. The second kappa shape index (κ2) is 6.22. The number of nitrogens with one attached hydrogen (secondary N) is 1. The third-order valence-electron chi connectivity index (χ3n) is 6.52. The Morgan fingerprint density at radius 1 is 1.30 bits per heavy atom. The second-order valence-corrected chi connectivity index (χ2v) is 7.84. The summed E-state index contributed by atoms with van der Waals surface area (Å²) in [6.45, 7) is 2.00. The van der Waals surface area contributed by atoms with E-state index in [1.165, 1.54) is 0 Å². The van der Waals surface area contributed by atoms with Gasteiger partial charge in [0, 0.05) is 18.6 Å². The SMILES string of the molecule is CN1C2CC(C(N)O)CC3CCC4OC4NCCCN(C32)C1N. The number of epoxide rings is 1. The molecule has 3 heterocycles. The molecule has 4 aliphatic rings. The van der Waals surface area contributed by atoms with Crippen LogP contribution in [0.3, 0.4) is 0 Å². The molecule has 0 aromatic rings. The molecule has 0 radical (unpaired) electrons. The molecule has 8 unspecified atom stereocenters. The van der Waals surface area contributed by atoms with Crippen molar-refractivity contribution in [1.82, 2.24) is 15.1 Å². The fourth-order valence-electron chi connectivity index (χ4n) is 5.17. The third-order valence-corrected chi connectivity index (χ3v) is 6.52. The summed E-state index contributed by atoms with van der Waals surface area (Å²) in [6, 6.07) is 0.886. The number of aliphatic hydroxyl groups excluding tert-OH is 1. The first-order valence-corrected chi connectivity index (χ1v) is 9.12. The van der Waals surface area contributed by atoms with Crippen LogP contribution >= 0.6 is 0 Å². The van der Waals surface area contributed by atoms with Crippen LogP contribution in [0.25, 0.3) is 0 Å². The summed E-state index contributed by atoms with van der Waals surface area (Å²) in [4.78, 5) is 4.79. The van der Waals surface area contributed by atoms with Crippen molar-refractivity contribution in [1.29, 1.82) is 0 Å². The number of fused-ring (bicyclic) bond motifs is 1. The summed E-state index contributed by atoms with van der Waals surface area (Å²) < 4.78 is 5.72. The van der Waals surface area contributed by atoms with Crippen molar-refractivity contribution in [3.05, 3.63) is 0 Å². The van der Waals surface area contributed by atoms with Crippen LogP contribution in [-0.2, 0) is 4.74 Å². The van der Waals surface area contributed by atoms with Gasteiger partial charge in [0.2, 0.25) is 0 Å². The van der Waals surface area contributed by atoms with Crippen molar-refractivity contribution in [2.75, 3.05) is 20.1 Å². The Bertz CT molecular complexity index is 437. The van der Waals surface area contributed by atoms with Gasteiger partial charge in [0.05, 0.1) is 6.10 Å². The lowest BCUT2D eigenvalue weighted by Crippen LogP contribution is -2.51. The molecule has 1 saturated carbocycles. The Kier molecular flexibility index (Phi) is 4.38. The highest BCUT2D eigenvalue weighted by Crippen LogP contribution is 2.43. The summed E-state index contributed by atoms with van der Waals surface area (Å²) in [5.74, 6) is 0.714. The van der Waals surface area contributed by atoms with Crippen molar-refractivity contribution in [3.63, 3.8) is 0 Å². The molecular weight excluding hydrogens is 294 g/mol. The van der Waals surface area contributed by atoms with Crippen LogP contribution < -0.4 is 16.8 Å². The minimum Gasteiger partial charge on any atom is -0.379 e. The Hall–Kier alpha value is -0.280. The summed E-state index contributed by atoms with van der Waals surface area (Å²) in [5.41, 5.74) is 12.4. The lowest BCUT2D eigenvalue weighted by Gasteiger charge is -2.43. The molecule has 0 bridgehead atoms. The van der Waals surface area contributed by atoms with Crippen LogP contribution in [0, 0.1) is 11.8 Å². The van der Waals surface area contributed by atoms with Crippen LogP contribution in [0.4, 0.5) is 0 Å². The van der Waals surface area contributed by atoms with Crippen molar-refractivity contribution in [2.24, 2.45) is 23.3 Å². The van der Waals surface area contributed by atoms with Gasteiger partial charge < -0.3 is 21.3 Å². The highest BCUT2D eigenvalue weighted by atomic mass is 16.6. The number of likely N-dealkylation sites (N-methyl/N-ethyl adjacent to an activating group) is 1. The largest absolute Gasteiger partial charge is 0.379 e. The van der Waals surface area contributed by atoms with Crippen LogP contribution in [0.1, 0.15) is 32.1 Å². The minimum absolute atomic E-state index is 0.0206. The van der Waals surface area contributed by atoms with Crippen molar-refractivity contribution >= 4 is 0 Å². The smallest absolute Gasteiger partial charge is 0.135 e. The van der Waals surface area contributed by atoms with Gasteiger partial charge in [-0.05, 0) is 57.5 Å². The Labute approximate surface area is 138 Å². The molecule has 3 saturated heterocycles. The van der Waals surface area contributed by atoms with Gasteiger partial charge in [-0.3, -0.25) is 15.1 Å². The fraction of sp³-hybridized carbons (Fsp3) is 1.00. The van der Waals surface area contributed by atoms with E-state index in [4.69, 9.17) is 16.2 Å². The fourth-order valence-corrected chi connectivity index (χ4v) is 5.17. The van der Waals surface area contributed by atoms with Crippen molar-refractivity contribution < 1.29 is 9.84 Å². The topological polar surface area (TPSA) is 103 Å². The first-order chi connectivity index (χ1) is 11.1. The zero-order chi connectivity index (χ0) is 16.1. The zero-order valence-corrected chi connectivity index (χ0v) is 14.0. The Balaban J connectivity index is 1.57. The van der Waals surface area contributed by atoms with E-state index in [1.54, 1.807) is 0 Å². The van der Waals surface area contributed by atoms with Crippen molar-refractivity contribution in [3.8, 4) is 0 Å². The van der Waals surface area contributed by atoms with Gasteiger partial charge in [0.25, 0.3) is 0 Å². The Morgan fingerprint density at radius 3 is 2.91 bits per heavy atom. The van der Waals surface area contributed by atoms with Crippen LogP contribution in [-0.4, -0.2) is 72.0 Å². The second-order valence-electron chi connectivity index (χ2n) is 7.84. The van der Waals surface area contributed by atoms with E-state index in [-0.39, 0.29) is 18.4 Å². The molecule has 6 N–H and O–H groups in total. The van der Waals surface area contributed by atoms with Gasteiger partial charge in [-0.1, -0.05) is 0 Å². The summed E-state index contributed by atoms with van der Waals surface area (Å²) in [5, 5.41) is 13.4. The number of hydrogen-bond donors (Lipinski definition) is 4. The van der Waals surface area contributed by atoms with Gasteiger partial charge in [0.15, 0.2) is 0 Å². The highest BCUT2D eigenvalue weighted by Gasteiger charge is 2.52. The minimum atomic E-state index is -0.723. The van der Waals surface area contributed by atoms with Gasteiger partial charge in [-0.15, -0.1) is 0 Å². The highest BCUT2D eigenvalue weighted by molar-refractivity contribution is 5.04. The van der Waals surface area contributed by atoms with E-state index < -0.39 is 6.23 Å².